The summed E-state index contributed by atoms with van der Waals surface area (Å²) >= 11 is 0. The summed E-state index contributed by atoms with van der Waals surface area (Å²) in [5.41, 5.74) is 6.03. The third-order valence-corrected chi connectivity index (χ3v) is 2.86. The number of ether oxygens (including phenoxy) is 1. The average molecular weight is 281 g/mol. The summed E-state index contributed by atoms with van der Waals surface area (Å²) in [6, 6.07) is 6.89. The van der Waals surface area contributed by atoms with Crippen molar-refractivity contribution in [1.29, 1.82) is 0 Å². The molecular formula is C15H14F3NO. The van der Waals surface area contributed by atoms with E-state index in [1.807, 2.05) is 0 Å². The Balaban J connectivity index is 2.11. The van der Waals surface area contributed by atoms with E-state index >= 15 is 0 Å². The van der Waals surface area contributed by atoms with E-state index in [0.717, 1.165) is 18.2 Å². The Labute approximate surface area is 115 Å². The van der Waals surface area contributed by atoms with Crippen LogP contribution < -0.4 is 10.5 Å². The van der Waals surface area contributed by atoms with E-state index in [-0.39, 0.29) is 17.9 Å². The minimum atomic E-state index is -0.570. The van der Waals surface area contributed by atoms with Gasteiger partial charge in [-0.25, -0.2) is 13.2 Å². The fraction of sp³-hybridized carbons (Fsp3) is 0.200. The highest BCUT2D eigenvalue weighted by atomic mass is 19.1. The van der Waals surface area contributed by atoms with Gasteiger partial charge in [-0.2, -0.15) is 0 Å². The molecule has 0 fully saturated rings. The summed E-state index contributed by atoms with van der Waals surface area (Å²) in [5, 5.41) is 0. The van der Waals surface area contributed by atoms with Crippen molar-refractivity contribution in [2.75, 3.05) is 0 Å². The fourth-order valence-electron chi connectivity index (χ4n) is 1.78. The second-order valence-corrected chi connectivity index (χ2v) is 4.50. The van der Waals surface area contributed by atoms with Crippen LogP contribution in [-0.2, 0) is 6.61 Å². The molecule has 106 valence electrons. The van der Waals surface area contributed by atoms with Gasteiger partial charge >= 0.3 is 0 Å². The first-order chi connectivity index (χ1) is 9.47. The van der Waals surface area contributed by atoms with Crippen LogP contribution in [0.2, 0.25) is 0 Å². The largest absolute Gasteiger partial charge is 0.489 e. The first-order valence-electron chi connectivity index (χ1n) is 6.09. The molecule has 0 saturated heterocycles. The van der Waals surface area contributed by atoms with Gasteiger partial charge in [-0.1, -0.05) is 6.07 Å². The molecule has 2 nitrogen and oxygen atoms in total. The van der Waals surface area contributed by atoms with Crippen LogP contribution in [-0.4, -0.2) is 0 Å². The topological polar surface area (TPSA) is 35.2 Å². The van der Waals surface area contributed by atoms with Crippen LogP contribution in [0.4, 0.5) is 13.2 Å². The van der Waals surface area contributed by atoms with E-state index in [1.165, 1.54) is 12.1 Å². The molecule has 0 amide bonds. The minimum absolute atomic E-state index is 0.0710. The third kappa shape index (κ3) is 3.30. The molecule has 0 heterocycles. The van der Waals surface area contributed by atoms with Crippen LogP contribution in [0.1, 0.15) is 24.1 Å². The molecule has 2 aromatic carbocycles. The SMILES string of the molecule is C[C@@H](N)c1ccc(OCc2cc(F)ccc2F)cc1F. The molecule has 0 spiro atoms. The first-order valence-corrected chi connectivity index (χ1v) is 6.09. The molecule has 2 rings (SSSR count). The van der Waals surface area contributed by atoms with Crippen LogP contribution in [0.5, 0.6) is 5.75 Å². The van der Waals surface area contributed by atoms with Gasteiger partial charge in [0.2, 0.25) is 0 Å². The molecule has 0 aliphatic heterocycles. The summed E-state index contributed by atoms with van der Waals surface area (Å²) in [7, 11) is 0. The van der Waals surface area contributed by atoms with Gasteiger partial charge in [0.15, 0.2) is 0 Å². The number of hydrogen-bond donors (Lipinski definition) is 1. The fourth-order valence-corrected chi connectivity index (χ4v) is 1.78. The number of hydrogen-bond acceptors (Lipinski definition) is 2. The standard InChI is InChI=1S/C15H14F3NO/c1-9(19)13-4-3-12(7-15(13)18)20-8-10-6-11(16)2-5-14(10)17/h2-7,9H,8,19H2,1H3/t9-/m1/s1. The molecule has 0 bridgehead atoms. The van der Waals surface area contributed by atoms with Crippen molar-refractivity contribution in [3.63, 3.8) is 0 Å². The van der Waals surface area contributed by atoms with Gasteiger partial charge < -0.3 is 10.5 Å². The van der Waals surface area contributed by atoms with Gasteiger partial charge in [-0.15, -0.1) is 0 Å². The lowest BCUT2D eigenvalue weighted by atomic mass is 10.1. The summed E-state index contributed by atoms with van der Waals surface area (Å²) in [5.74, 6) is -1.38. The highest BCUT2D eigenvalue weighted by Gasteiger charge is 2.09. The quantitative estimate of drug-likeness (QED) is 0.927. The maximum absolute atomic E-state index is 13.7. The molecule has 2 N–H and O–H groups in total. The van der Waals surface area contributed by atoms with Crippen molar-refractivity contribution in [2.45, 2.75) is 19.6 Å². The Morgan fingerprint density at radius 3 is 2.45 bits per heavy atom. The van der Waals surface area contributed by atoms with Gasteiger partial charge in [-0.05, 0) is 31.2 Å². The molecule has 1 atom stereocenters. The molecule has 0 aliphatic carbocycles. The predicted octanol–water partition coefficient (Wildman–Crippen LogP) is 3.70. The second kappa shape index (κ2) is 5.96. The van der Waals surface area contributed by atoms with Gasteiger partial charge in [0.1, 0.15) is 29.8 Å². The number of halogens is 3. The predicted molar refractivity (Wildman–Crippen MR) is 69.7 cm³/mol. The highest BCUT2D eigenvalue weighted by molar-refractivity contribution is 5.31. The lowest BCUT2D eigenvalue weighted by molar-refractivity contribution is 0.297. The lowest BCUT2D eigenvalue weighted by Crippen LogP contribution is -2.07. The Hall–Kier alpha value is -2.01. The maximum atomic E-state index is 13.7. The Morgan fingerprint density at radius 2 is 1.80 bits per heavy atom. The van der Waals surface area contributed by atoms with E-state index in [1.54, 1.807) is 13.0 Å². The summed E-state index contributed by atoms with van der Waals surface area (Å²) < 4.78 is 45.3. The summed E-state index contributed by atoms with van der Waals surface area (Å²) in [6.45, 7) is 1.49. The third-order valence-electron chi connectivity index (χ3n) is 2.86. The van der Waals surface area contributed by atoms with Crippen LogP contribution in [0, 0.1) is 17.5 Å². The number of nitrogens with two attached hydrogens (primary N) is 1. The van der Waals surface area contributed by atoms with Crippen LogP contribution in [0.3, 0.4) is 0 Å². The smallest absolute Gasteiger partial charge is 0.131 e. The summed E-state index contributed by atoms with van der Waals surface area (Å²) in [6.07, 6.45) is 0. The Kier molecular flexibility index (Phi) is 4.29. The van der Waals surface area contributed by atoms with E-state index < -0.39 is 23.5 Å². The zero-order valence-corrected chi connectivity index (χ0v) is 10.9. The maximum Gasteiger partial charge on any atom is 0.131 e. The van der Waals surface area contributed by atoms with Crippen molar-refractivity contribution in [3.05, 3.63) is 65.0 Å². The summed E-state index contributed by atoms with van der Waals surface area (Å²) in [4.78, 5) is 0. The molecule has 0 radical (unpaired) electrons. The number of benzene rings is 2. The zero-order valence-electron chi connectivity index (χ0n) is 10.9. The zero-order chi connectivity index (χ0) is 14.7. The van der Waals surface area contributed by atoms with Crippen molar-refractivity contribution in [1.82, 2.24) is 0 Å². The molecule has 0 saturated carbocycles. The Bertz CT molecular complexity index is 614. The van der Waals surface area contributed by atoms with Gasteiger partial charge in [0.05, 0.1) is 0 Å². The molecule has 2 aromatic rings. The Morgan fingerprint density at radius 1 is 1.05 bits per heavy atom. The van der Waals surface area contributed by atoms with Crippen molar-refractivity contribution in [2.24, 2.45) is 5.73 Å². The molecule has 20 heavy (non-hydrogen) atoms. The average Bonchev–Trinajstić information content (AvgIpc) is 2.39. The highest BCUT2D eigenvalue weighted by Crippen LogP contribution is 2.22. The van der Waals surface area contributed by atoms with Crippen molar-refractivity contribution >= 4 is 0 Å². The van der Waals surface area contributed by atoms with E-state index in [0.29, 0.717) is 5.56 Å². The monoisotopic (exact) mass is 281 g/mol. The van der Waals surface area contributed by atoms with Crippen molar-refractivity contribution in [3.8, 4) is 5.75 Å². The molecular weight excluding hydrogens is 267 g/mol. The van der Waals surface area contributed by atoms with Gasteiger partial charge in [0.25, 0.3) is 0 Å². The van der Waals surface area contributed by atoms with E-state index in [9.17, 15) is 13.2 Å². The second-order valence-electron chi connectivity index (χ2n) is 4.50. The van der Waals surface area contributed by atoms with E-state index in [2.05, 4.69) is 0 Å². The lowest BCUT2D eigenvalue weighted by Gasteiger charge is -2.11. The van der Waals surface area contributed by atoms with Crippen molar-refractivity contribution < 1.29 is 17.9 Å². The molecule has 5 heteroatoms. The normalized spacial score (nSPS) is 12.2. The number of rotatable bonds is 4. The first kappa shape index (κ1) is 14.4. The van der Waals surface area contributed by atoms with Gasteiger partial charge in [0, 0.05) is 23.2 Å². The minimum Gasteiger partial charge on any atom is -0.489 e. The van der Waals surface area contributed by atoms with Crippen LogP contribution in [0.25, 0.3) is 0 Å². The van der Waals surface area contributed by atoms with Crippen LogP contribution in [0.15, 0.2) is 36.4 Å². The molecule has 0 aromatic heterocycles. The molecule has 0 aliphatic rings. The van der Waals surface area contributed by atoms with Gasteiger partial charge in [-0.3, -0.25) is 0 Å². The van der Waals surface area contributed by atoms with Crippen LogP contribution >= 0.6 is 0 Å². The molecule has 0 unspecified atom stereocenters. The van der Waals surface area contributed by atoms with E-state index in [4.69, 9.17) is 10.5 Å².